The second-order valence-corrected chi connectivity index (χ2v) is 1.48. The summed E-state index contributed by atoms with van der Waals surface area (Å²) in [5, 5.41) is 2.52. The topological polar surface area (TPSA) is 41.5 Å². The normalized spacial score (nSPS) is 13.8. The molecule has 1 N–H and O–H groups in total. The van der Waals surface area contributed by atoms with Gasteiger partial charge in [0.25, 0.3) is 0 Å². The first-order valence-electron chi connectivity index (χ1n) is 2.43. The number of rotatable bonds is 3. The molecular formula is C5H10N2O. The quantitative estimate of drug-likeness (QED) is 0.401. The highest BCUT2D eigenvalue weighted by molar-refractivity contribution is 5.67. The summed E-state index contributed by atoms with van der Waals surface area (Å²) in [6, 6.07) is 0.0532. The Labute approximate surface area is 48.8 Å². The second kappa shape index (κ2) is 4.30. The van der Waals surface area contributed by atoms with Gasteiger partial charge in [0.05, 0.1) is 6.04 Å². The lowest BCUT2D eigenvalue weighted by Gasteiger charge is -1.98. The fraction of sp³-hybridized carbons (Fsp3) is 0.600. The van der Waals surface area contributed by atoms with Gasteiger partial charge in [-0.3, -0.25) is 9.79 Å². The zero-order valence-corrected chi connectivity index (χ0v) is 5.09. The Morgan fingerprint density at radius 1 is 1.75 bits per heavy atom. The van der Waals surface area contributed by atoms with Crippen molar-refractivity contribution in [3.63, 3.8) is 0 Å². The van der Waals surface area contributed by atoms with Crippen molar-refractivity contribution < 1.29 is 4.79 Å². The molecule has 0 bridgehead atoms. The van der Waals surface area contributed by atoms with Crippen LogP contribution in [0.25, 0.3) is 0 Å². The molecule has 0 aliphatic carbocycles. The number of aliphatic imine (C=N–C) groups is 1. The van der Waals surface area contributed by atoms with Crippen molar-refractivity contribution in [1.29, 1.82) is 0 Å². The van der Waals surface area contributed by atoms with Crippen LogP contribution in [0, 0.1) is 0 Å². The second-order valence-electron chi connectivity index (χ2n) is 1.48. The van der Waals surface area contributed by atoms with E-state index < -0.39 is 0 Å². The molecule has 0 saturated carbocycles. The fourth-order valence-electron chi connectivity index (χ4n) is 0.374. The van der Waals surface area contributed by atoms with Crippen molar-refractivity contribution in [3.8, 4) is 0 Å². The molecule has 0 rings (SSSR count). The summed E-state index contributed by atoms with van der Waals surface area (Å²) in [4.78, 5) is 13.4. The van der Waals surface area contributed by atoms with E-state index in [1.165, 1.54) is 0 Å². The minimum atomic E-state index is 0.0532. The van der Waals surface area contributed by atoms with Gasteiger partial charge in [-0.05, 0) is 6.92 Å². The predicted molar refractivity (Wildman–Crippen MR) is 33.1 cm³/mol. The van der Waals surface area contributed by atoms with Gasteiger partial charge in [-0.1, -0.05) is 0 Å². The van der Waals surface area contributed by atoms with Gasteiger partial charge in [0.1, 0.15) is 0 Å². The van der Waals surface area contributed by atoms with Crippen LogP contribution in [0.3, 0.4) is 0 Å². The van der Waals surface area contributed by atoms with Gasteiger partial charge in [0.15, 0.2) is 0 Å². The molecule has 0 saturated heterocycles. The summed E-state index contributed by atoms with van der Waals surface area (Å²) in [5.41, 5.74) is 0. The van der Waals surface area contributed by atoms with E-state index in [0.29, 0.717) is 6.41 Å². The monoisotopic (exact) mass is 114 g/mol. The average molecular weight is 114 g/mol. The zero-order valence-electron chi connectivity index (χ0n) is 5.09. The van der Waals surface area contributed by atoms with E-state index in [2.05, 4.69) is 10.3 Å². The van der Waals surface area contributed by atoms with Crippen molar-refractivity contribution >= 4 is 12.6 Å². The van der Waals surface area contributed by atoms with Crippen LogP contribution < -0.4 is 5.32 Å². The van der Waals surface area contributed by atoms with Gasteiger partial charge in [0, 0.05) is 13.3 Å². The van der Waals surface area contributed by atoms with E-state index in [0.717, 1.165) is 0 Å². The molecule has 0 aromatic heterocycles. The molecule has 0 spiro atoms. The maximum Gasteiger partial charge on any atom is 0.207 e. The molecule has 8 heavy (non-hydrogen) atoms. The third-order valence-electron chi connectivity index (χ3n) is 0.704. The summed E-state index contributed by atoms with van der Waals surface area (Å²) < 4.78 is 0. The Bertz CT molecular complexity index is 90.4. The van der Waals surface area contributed by atoms with Crippen molar-refractivity contribution in [2.45, 2.75) is 13.0 Å². The highest BCUT2D eigenvalue weighted by atomic mass is 16.1. The first-order valence-corrected chi connectivity index (χ1v) is 2.43. The van der Waals surface area contributed by atoms with Gasteiger partial charge in [-0.25, -0.2) is 0 Å². The Kier molecular flexibility index (Phi) is 3.84. The number of amides is 1. The van der Waals surface area contributed by atoms with Crippen LogP contribution in [-0.2, 0) is 4.79 Å². The predicted octanol–water partition coefficient (Wildman–Crippen LogP) is -0.179. The number of hydrogen-bond donors (Lipinski definition) is 1. The van der Waals surface area contributed by atoms with Crippen LogP contribution in [0.5, 0.6) is 0 Å². The molecule has 3 nitrogen and oxygen atoms in total. The minimum Gasteiger partial charge on any atom is -0.351 e. The molecule has 0 aromatic rings. The van der Waals surface area contributed by atoms with Gasteiger partial charge in [-0.2, -0.15) is 0 Å². The third-order valence-corrected chi connectivity index (χ3v) is 0.704. The Morgan fingerprint density at radius 3 is 2.75 bits per heavy atom. The smallest absolute Gasteiger partial charge is 0.207 e. The number of carbonyl (C=O) groups is 1. The largest absolute Gasteiger partial charge is 0.351 e. The molecule has 1 unspecified atom stereocenters. The van der Waals surface area contributed by atoms with Crippen LogP contribution in [0.15, 0.2) is 4.99 Å². The molecule has 0 aliphatic heterocycles. The lowest BCUT2D eigenvalue weighted by molar-refractivity contribution is -0.109. The summed E-state index contributed by atoms with van der Waals surface area (Å²) in [6.45, 7) is 1.85. The number of nitrogens with zero attached hydrogens (tertiary/aromatic N) is 1. The van der Waals surface area contributed by atoms with Crippen LogP contribution in [0.4, 0.5) is 0 Å². The lowest BCUT2D eigenvalue weighted by Crippen LogP contribution is -2.25. The van der Waals surface area contributed by atoms with E-state index in [1.54, 1.807) is 13.3 Å². The average Bonchev–Trinajstić information content (AvgIpc) is 1.68. The highest BCUT2D eigenvalue weighted by Crippen LogP contribution is 1.69. The SMILES string of the molecule is C/N=C/C(C)NC=O. The summed E-state index contributed by atoms with van der Waals surface area (Å²) in [5.74, 6) is 0. The van der Waals surface area contributed by atoms with Gasteiger partial charge in [0.2, 0.25) is 6.41 Å². The van der Waals surface area contributed by atoms with Crippen molar-refractivity contribution in [2.75, 3.05) is 7.05 Å². The van der Waals surface area contributed by atoms with E-state index in [1.807, 2.05) is 6.92 Å². The Balaban J connectivity index is 3.31. The number of nitrogens with one attached hydrogen (secondary N) is 1. The maximum absolute atomic E-state index is 9.72. The van der Waals surface area contributed by atoms with Crippen molar-refractivity contribution in [2.24, 2.45) is 4.99 Å². The highest BCUT2D eigenvalue weighted by Gasteiger charge is 1.88. The van der Waals surface area contributed by atoms with E-state index in [-0.39, 0.29) is 6.04 Å². The molecule has 0 heterocycles. The standard InChI is InChI=1S/C5H10N2O/c1-5(3-6-2)7-4-8/h3-5H,1-2H3,(H,7,8)/b6-3+. The molecule has 0 radical (unpaired) electrons. The molecular weight excluding hydrogens is 104 g/mol. The zero-order chi connectivity index (χ0) is 6.41. The lowest BCUT2D eigenvalue weighted by atomic mass is 10.4. The van der Waals surface area contributed by atoms with Crippen LogP contribution in [0.1, 0.15) is 6.92 Å². The van der Waals surface area contributed by atoms with Gasteiger partial charge in [-0.15, -0.1) is 0 Å². The minimum absolute atomic E-state index is 0.0532. The van der Waals surface area contributed by atoms with Crippen molar-refractivity contribution in [1.82, 2.24) is 5.32 Å². The van der Waals surface area contributed by atoms with E-state index in [4.69, 9.17) is 0 Å². The molecule has 1 atom stereocenters. The van der Waals surface area contributed by atoms with E-state index >= 15 is 0 Å². The van der Waals surface area contributed by atoms with Crippen LogP contribution in [0.2, 0.25) is 0 Å². The first kappa shape index (κ1) is 7.14. The molecule has 0 aromatic carbocycles. The summed E-state index contributed by atoms with van der Waals surface area (Å²) in [6.07, 6.45) is 2.32. The molecule has 1 amide bonds. The van der Waals surface area contributed by atoms with Crippen LogP contribution >= 0.6 is 0 Å². The van der Waals surface area contributed by atoms with E-state index in [9.17, 15) is 4.79 Å². The Morgan fingerprint density at radius 2 is 2.38 bits per heavy atom. The molecule has 0 aliphatic rings. The first-order chi connectivity index (χ1) is 3.81. The number of hydrogen-bond acceptors (Lipinski definition) is 2. The third kappa shape index (κ3) is 3.33. The molecule has 46 valence electrons. The summed E-state index contributed by atoms with van der Waals surface area (Å²) >= 11 is 0. The molecule has 0 fully saturated rings. The Hall–Kier alpha value is -0.860. The number of carbonyl (C=O) groups excluding carboxylic acids is 1. The summed E-state index contributed by atoms with van der Waals surface area (Å²) in [7, 11) is 1.67. The fourth-order valence-corrected chi connectivity index (χ4v) is 0.374. The van der Waals surface area contributed by atoms with Crippen molar-refractivity contribution in [3.05, 3.63) is 0 Å². The van der Waals surface area contributed by atoms with Crippen LogP contribution in [-0.4, -0.2) is 25.7 Å². The van der Waals surface area contributed by atoms with Gasteiger partial charge < -0.3 is 5.32 Å². The molecule has 3 heteroatoms. The van der Waals surface area contributed by atoms with Gasteiger partial charge >= 0.3 is 0 Å². The maximum atomic E-state index is 9.72.